The lowest BCUT2D eigenvalue weighted by molar-refractivity contribution is -0.209. The van der Waals surface area contributed by atoms with E-state index in [-0.39, 0.29) is 41.3 Å². The molecule has 30 heavy (non-hydrogen) atoms. The Labute approximate surface area is 180 Å². The molecule has 5 N–H and O–H groups in total. The van der Waals surface area contributed by atoms with E-state index in [2.05, 4.69) is 20.8 Å². The Bertz CT molecular complexity index is 658. The van der Waals surface area contributed by atoms with Gasteiger partial charge in [-0.25, -0.2) is 5.90 Å². The van der Waals surface area contributed by atoms with Crippen molar-refractivity contribution in [2.24, 2.45) is 52.2 Å². The van der Waals surface area contributed by atoms with Crippen molar-refractivity contribution in [3.8, 4) is 0 Å². The predicted octanol–water partition coefficient (Wildman–Crippen LogP) is 3.35. The molecule has 0 aromatic carbocycles. The number of rotatable bonds is 5. The Morgan fingerprint density at radius 3 is 2.53 bits per heavy atom. The normalized spacial score (nSPS) is 51.5. The van der Waals surface area contributed by atoms with Crippen LogP contribution in [0.2, 0.25) is 0 Å². The largest absolute Gasteiger partial charge is 0.481 e. The molecule has 0 amide bonds. The van der Waals surface area contributed by atoms with E-state index in [1.165, 1.54) is 0 Å². The zero-order chi connectivity index (χ0) is 21.8. The molecule has 4 aliphatic rings. The van der Waals surface area contributed by atoms with Crippen molar-refractivity contribution in [2.45, 2.75) is 96.9 Å². The Morgan fingerprint density at radius 1 is 1.13 bits per heavy atom. The van der Waals surface area contributed by atoms with Gasteiger partial charge in [-0.05, 0) is 97.7 Å². The van der Waals surface area contributed by atoms with Crippen molar-refractivity contribution in [3.63, 3.8) is 0 Å². The van der Waals surface area contributed by atoms with Crippen LogP contribution in [0.5, 0.6) is 0 Å². The van der Waals surface area contributed by atoms with Crippen LogP contribution in [0.1, 0.15) is 78.6 Å². The van der Waals surface area contributed by atoms with E-state index >= 15 is 0 Å². The number of carbonyl (C=O) groups is 1. The lowest BCUT2D eigenvalue weighted by Crippen LogP contribution is -2.62. The summed E-state index contributed by atoms with van der Waals surface area (Å²) in [5.74, 6) is 6.58. The molecule has 11 atom stereocenters. The number of carboxylic acid groups (broad SMARTS) is 1. The molecule has 0 saturated heterocycles. The summed E-state index contributed by atoms with van der Waals surface area (Å²) < 4.78 is 0. The molecule has 6 nitrogen and oxygen atoms in total. The lowest BCUT2D eigenvalue weighted by Gasteiger charge is -2.63. The zero-order valence-corrected chi connectivity index (χ0v) is 18.8. The van der Waals surface area contributed by atoms with Crippen molar-refractivity contribution in [3.05, 3.63) is 0 Å². The van der Waals surface area contributed by atoms with Gasteiger partial charge in [-0.1, -0.05) is 20.8 Å². The second kappa shape index (κ2) is 8.02. The van der Waals surface area contributed by atoms with Crippen molar-refractivity contribution >= 4 is 5.97 Å². The average Bonchev–Trinajstić information content (AvgIpc) is 3.05. The summed E-state index contributed by atoms with van der Waals surface area (Å²) in [6.07, 6.45) is 6.71. The molecule has 4 fully saturated rings. The van der Waals surface area contributed by atoms with E-state index < -0.39 is 12.1 Å². The summed E-state index contributed by atoms with van der Waals surface area (Å²) in [5.41, 5.74) is -0.116. The van der Waals surface area contributed by atoms with Gasteiger partial charge in [0.05, 0.1) is 18.3 Å². The summed E-state index contributed by atoms with van der Waals surface area (Å²) in [5, 5.41) is 32.0. The van der Waals surface area contributed by atoms with Crippen LogP contribution in [0, 0.1) is 46.3 Å². The molecule has 0 aromatic rings. The van der Waals surface area contributed by atoms with Crippen LogP contribution >= 0.6 is 0 Å². The third-order valence-corrected chi connectivity index (χ3v) is 10.5. The van der Waals surface area contributed by atoms with Gasteiger partial charge in [0.15, 0.2) is 0 Å². The second-order valence-electron chi connectivity index (χ2n) is 11.5. The minimum atomic E-state index is -0.746. The summed E-state index contributed by atoms with van der Waals surface area (Å²) in [6.45, 7) is 6.77. The molecular formula is C24H41NO5. The smallest absolute Gasteiger partial charge is 0.303 e. The van der Waals surface area contributed by atoms with E-state index in [1.807, 2.05) is 0 Å². The molecule has 4 saturated carbocycles. The van der Waals surface area contributed by atoms with Gasteiger partial charge in [-0.3, -0.25) is 4.79 Å². The van der Waals surface area contributed by atoms with Crippen LogP contribution in [-0.4, -0.2) is 39.6 Å². The number of hydrogen-bond acceptors (Lipinski definition) is 5. The van der Waals surface area contributed by atoms with Crippen molar-refractivity contribution in [1.29, 1.82) is 0 Å². The third kappa shape index (κ3) is 3.33. The molecule has 0 heterocycles. The highest BCUT2D eigenvalue weighted by molar-refractivity contribution is 5.66. The molecular weight excluding hydrogens is 382 g/mol. The van der Waals surface area contributed by atoms with E-state index in [0.29, 0.717) is 30.1 Å². The first-order valence-electron chi connectivity index (χ1n) is 12.1. The highest BCUT2D eigenvalue weighted by Crippen LogP contribution is 2.68. The van der Waals surface area contributed by atoms with Crippen LogP contribution in [0.15, 0.2) is 0 Å². The molecule has 11 unspecified atom stereocenters. The summed E-state index contributed by atoms with van der Waals surface area (Å²) in [6, 6.07) is 0. The van der Waals surface area contributed by atoms with Crippen molar-refractivity contribution in [2.75, 3.05) is 0 Å². The Morgan fingerprint density at radius 2 is 1.87 bits per heavy atom. The Balaban J connectivity index is 1.59. The Hall–Kier alpha value is -0.690. The molecule has 0 spiro atoms. The van der Waals surface area contributed by atoms with E-state index in [1.54, 1.807) is 0 Å². The molecule has 0 bridgehead atoms. The van der Waals surface area contributed by atoms with E-state index in [4.69, 9.17) is 15.8 Å². The molecule has 0 aliphatic heterocycles. The van der Waals surface area contributed by atoms with Gasteiger partial charge in [-0.15, -0.1) is 0 Å². The van der Waals surface area contributed by atoms with Gasteiger partial charge < -0.3 is 20.2 Å². The number of aliphatic hydroxyl groups is 2. The molecule has 6 heteroatoms. The monoisotopic (exact) mass is 423 g/mol. The topological polar surface area (TPSA) is 113 Å². The number of aliphatic hydroxyl groups excluding tert-OH is 2. The number of carboxylic acids is 1. The summed E-state index contributed by atoms with van der Waals surface area (Å²) in [4.78, 5) is 16.3. The van der Waals surface area contributed by atoms with Crippen LogP contribution in [0.3, 0.4) is 0 Å². The number of hydrogen-bond donors (Lipinski definition) is 4. The fourth-order valence-electron chi connectivity index (χ4n) is 8.79. The fourth-order valence-corrected chi connectivity index (χ4v) is 8.79. The van der Waals surface area contributed by atoms with Gasteiger partial charge in [0, 0.05) is 6.42 Å². The third-order valence-electron chi connectivity index (χ3n) is 10.5. The first-order chi connectivity index (χ1) is 14.1. The first kappa shape index (κ1) is 22.5. The van der Waals surface area contributed by atoms with E-state index in [0.717, 1.165) is 44.9 Å². The summed E-state index contributed by atoms with van der Waals surface area (Å²) >= 11 is 0. The van der Waals surface area contributed by atoms with Crippen LogP contribution in [0.25, 0.3) is 0 Å². The highest BCUT2D eigenvalue weighted by Gasteiger charge is 2.65. The number of nitrogens with two attached hydrogens (primary N) is 1. The maximum atomic E-state index is 11.5. The highest BCUT2D eigenvalue weighted by atomic mass is 16.6. The maximum absolute atomic E-state index is 11.5. The van der Waals surface area contributed by atoms with Gasteiger partial charge in [-0.2, -0.15) is 0 Å². The van der Waals surface area contributed by atoms with Crippen LogP contribution in [0.4, 0.5) is 0 Å². The predicted molar refractivity (Wildman–Crippen MR) is 113 cm³/mol. The van der Waals surface area contributed by atoms with Crippen LogP contribution < -0.4 is 5.90 Å². The Kier molecular flexibility index (Phi) is 6.02. The maximum Gasteiger partial charge on any atom is 0.303 e. The minimum absolute atomic E-state index is 0.0801. The zero-order valence-electron chi connectivity index (χ0n) is 18.8. The SMILES string of the molecule is CC(CCC(=O)O)C1CCC2C3C(O)CC4CC(ON)CCC4(C)C3CC(O)C12C. The van der Waals surface area contributed by atoms with Gasteiger partial charge >= 0.3 is 5.97 Å². The van der Waals surface area contributed by atoms with Crippen LogP contribution in [-0.2, 0) is 9.63 Å². The molecule has 4 aliphatic carbocycles. The first-order valence-corrected chi connectivity index (χ1v) is 12.1. The van der Waals surface area contributed by atoms with Crippen molar-refractivity contribution in [1.82, 2.24) is 0 Å². The molecule has 0 radical (unpaired) electrons. The number of fused-ring (bicyclic) bond motifs is 5. The van der Waals surface area contributed by atoms with E-state index in [9.17, 15) is 15.0 Å². The van der Waals surface area contributed by atoms with Crippen molar-refractivity contribution < 1.29 is 25.0 Å². The quantitative estimate of drug-likeness (QED) is 0.505. The minimum Gasteiger partial charge on any atom is -0.481 e. The summed E-state index contributed by atoms with van der Waals surface area (Å²) in [7, 11) is 0. The van der Waals surface area contributed by atoms with Gasteiger partial charge in [0.25, 0.3) is 0 Å². The standard InChI is InChI=1S/C24H41NO5/c1-13(4-7-21(28)29)16-5-6-17-22-18(12-20(27)24(16,17)3)23(2)9-8-15(30-25)10-14(23)11-19(22)26/h13-20,22,26-27H,4-12,25H2,1-3H3,(H,28,29). The average molecular weight is 424 g/mol. The second-order valence-corrected chi connectivity index (χ2v) is 11.5. The molecule has 4 rings (SSSR count). The van der Waals surface area contributed by atoms with Gasteiger partial charge in [0.1, 0.15) is 0 Å². The molecule has 172 valence electrons. The number of aliphatic carboxylic acids is 1. The molecule has 0 aromatic heterocycles. The van der Waals surface area contributed by atoms with Gasteiger partial charge in [0.2, 0.25) is 0 Å². The fraction of sp³-hybridized carbons (Fsp3) is 0.958. The lowest BCUT2D eigenvalue weighted by atomic mass is 9.43.